The molecule has 2 aromatic carbocycles. The molecule has 0 fully saturated rings. The maximum absolute atomic E-state index is 13.5. The summed E-state index contributed by atoms with van der Waals surface area (Å²) < 4.78 is 39.3. The summed E-state index contributed by atoms with van der Waals surface area (Å²) in [5, 5.41) is 0. The third kappa shape index (κ3) is 2.19. The predicted octanol–water partition coefficient (Wildman–Crippen LogP) is 3.57. The van der Waals surface area contributed by atoms with Gasteiger partial charge >= 0.3 is 0 Å². The summed E-state index contributed by atoms with van der Waals surface area (Å²) in [7, 11) is 0. The number of aromatic amines is 1. The number of hydrogen-bond acceptors (Lipinski definition) is 1. The molecule has 0 spiro atoms. The van der Waals surface area contributed by atoms with Crippen molar-refractivity contribution in [2.75, 3.05) is 0 Å². The first kappa shape index (κ1) is 11.8. The van der Waals surface area contributed by atoms with Crippen LogP contribution in [0.4, 0.5) is 13.2 Å². The number of hydrogen-bond donors (Lipinski definition) is 1. The van der Waals surface area contributed by atoms with Crippen LogP contribution < -0.4 is 0 Å². The minimum absolute atomic E-state index is 0.0166. The summed E-state index contributed by atoms with van der Waals surface area (Å²) in [5.74, 6) is -1.70. The molecule has 0 aliphatic carbocycles. The lowest BCUT2D eigenvalue weighted by Gasteiger charge is -1.97. The Labute approximate surface area is 106 Å². The highest BCUT2D eigenvalue weighted by Gasteiger charge is 2.11. The molecule has 2 nitrogen and oxygen atoms in total. The fourth-order valence-corrected chi connectivity index (χ4v) is 1.95. The molecular weight excluding hydrogens is 253 g/mol. The van der Waals surface area contributed by atoms with Gasteiger partial charge in [0, 0.05) is 6.42 Å². The van der Waals surface area contributed by atoms with Crippen LogP contribution in [-0.2, 0) is 6.42 Å². The van der Waals surface area contributed by atoms with Crippen molar-refractivity contribution < 1.29 is 13.2 Å². The fraction of sp³-hybridized carbons (Fsp3) is 0.0714. The molecule has 1 aromatic heterocycles. The average Bonchev–Trinajstić information content (AvgIpc) is 2.80. The van der Waals surface area contributed by atoms with Crippen LogP contribution in [-0.4, -0.2) is 9.97 Å². The van der Waals surface area contributed by atoms with Gasteiger partial charge in [0.2, 0.25) is 0 Å². The van der Waals surface area contributed by atoms with Crippen LogP contribution >= 0.6 is 0 Å². The van der Waals surface area contributed by atoms with Crippen LogP contribution in [0.25, 0.3) is 11.0 Å². The predicted molar refractivity (Wildman–Crippen MR) is 65.2 cm³/mol. The minimum Gasteiger partial charge on any atom is -0.342 e. The Bertz CT molecular complexity index is 732. The number of H-pyrrole nitrogens is 1. The Hall–Kier alpha value is -2.30. The molecule has 0 aliphatic rings. The smallest absolute Gasteiger partial charge is 0.186 e. The first-order valence-electron chi connectivity index (χ1n) is 5.70. The molecule has 0 saturated carbocycles. The maximum Gasteiger partial charge on any atom is 0.186 e. The molecule has 5 heteroatoms. The lowest BCUT2D eigenvalue weighted by Crippen LogP contribution is -1.90. The lowest BCUT2D eigenvalue weighted by molar-refractivity contribution is 0.515. The Morgan fingerprint density at radius 2 is 1.68 bits per heavy atom. The molecule has 19 heavy (non-hydrogen) atoms. The highest BCUT2D eigenvalue weighted by atomic mass is 19.2. The fourth-order valence-electron chi connectivity index (χ4n) is 1.95. The number of halogens is 3. The largest absolute Gasteiger partial charge is 0.342 e. The van der Waals surface area contributed by atoms with Gasteiger partial charge in [0.05, 0.1) is 5.52 Å². The molecule has 0 bridgehead atoms. The highest BCUT2D eigenvalue weighted by molar-refractivity contribution is 5.75. The number of aromatic nitrogens is 2. The summed E-state index contributed by atoms with van der Waals surface area (Å²) in [6, 6.07) is 8.43. The Morgan fingerprint density at radius 3 is 2.42 bits per heavy atom. The Kier molecular flexibility index (Phi) is 2.74. The van der Waals surface area contributed by atoms with E-state index in [1.165, 1.54) is 18.2 Å². The van der Waals surface area contributed by atoms with Gasteiger partial charge < -0.3 is 4.98 Å². The zero-order chi connectivity index (χ0) is 13.4. The van der Waals surface area contributed by atoms with Gasteiger partial charge in [-0.3, -0.25) is 0 Å². The van der Waals surface area contributed by atoms with E-state index in [0.717, 1.165) is 11.6 Å². The van der Waals surface area contributed by atoms with E-state index < -0.39 is 11.6 Å². The van der Waals surface area contributed by atoms with Crippen LogP contribution in [0.2, 0.25) is 0 Å². The first-order valence-corrected chi connectivity index (χ1v) is 5.70. The molecule has 0 atom stereocenters. The van der Waals surface area contributed by atoms with Crippen molar-refractivity contribution in [2.45, 2.75) is 6.42 Å². The highest BCUT2D eigenvalue weighted by Crippen LogP contribution is 2.19. The van der Waals surface area contributed by atoms with Gasteiger partial charge in [-0.1, -0.05) is 12.1 Å². The van der Waals surface area contributed by atoms with E-state index in [9.17, 15) is 13.2 Å². The van der Waals surface area contributed by atoms with E-state index in [1.54, 1.807) is 12.1 Å². The number of benzene rings is 2. The van der Waals surface area contributed by atoms with E-state index in [0.29, 0.717) is 17.8 Å². The van der Waals surface area contributed by atoms with Crippen molar-refractivity contribution in [3.63, 3.8) is 0 Å². The van der Waals surface area contributed by atoms with Crippen molar-refractivity contribution in [1.82, 2.24) is 9.97 Å². The number of nitrogens with zero attached hydrogens (tertiary/aromatic N) is 1. The molecular formula is C14H9F3N2. The maximum atomic E-state index is 13.5. The standard InChI is InChI=1S/C14H9F3N2/c15-9-3-1-8(2-4-9)7-12-18-11-6-5-10(16)13(17)14(11)19-12/h1-6H,7H2,(H,18,19). The van der Waals surface area contributed by atoms with Crippen molar-refractivity contribution in [3.8, 4) is 0 Å². The molecule has 0 aliphatic heterocycles. The van der Waals surface area contributed by atoms with E-state index in [1.807, 2.05) is 0 Å². The van der Waals surface area contributed by atoms with Gasteiger partial charge in [0.1, 0.15) is 17.2 Å². The molecule has 0 saturated heterocycles. The van der Waals surface area contributed by atoms with E-state index >= 15 is 0 Å². The number of fused-ring (bicyclic) bond motifs is 1. The molecule has 0 amide bonds. The second kappa shape index (κ2) is 4.42. The van der Waals surface area contributed by atoms with Crippen LogP contribution in [0.1, 0.15) is 11.4 Å². The number of imidazole rings is 1. The van der Waals surface area contributed by atoms with Crippen LogP contribution in [0, 0.1) is 17.5 Å². The van der Waals surface area contributed by atoms with Crippen molar-refractivity contribution >= 4 is 11.0 Å². The molecule has 96 valence electrons. The number of rotatable bonds is 2. The Morgan fingerprint density at radius 1 is 0.947 bits per heavy atom. The summed E-state index contributed by atoms with van der Waals surface area (Å²) in [4.78, 5) is 6.94. The molecule has 3 aromatic rings. The second-order valence-electron chi connectivity index (χ2n) is 4.24. The lowest BCUT2D eigenvalue weighted by atomic mass is 10.1. The summed E-state index contributed by atoms with van der Waals surface area (Å²) in [6.45, 7) is 0. The first-order chi connectivity index (χ1) is 9.13. The second-order valence-corrected chi connectivity index (χ2v) is 4.24. The van der Waals surface area contributed by atoms with Gasteiger partial charge in [-0.2, -0.15) is 0 Å². The molecule has 3 rings (SSSR count). The summed E-state index contributed by atoms with van der Waals surface area (Å²) >= 11 is 0. The van der Waals surface area contributed by atoms with E-state index in [2.05, 4.69) is 9.97 Å². The Balaban J connectivity index is 1.97. The topological polar surface area (TPSA) is 28.7 Å². The molecule has 0 radical (unpaired) electrons. The van der Waals surface area contributed by atoms with Crippen LogP contribution in [0.5, 0.6) is 0 Å². The van der Waals surface area contributed by atoms with E-state index in [4.69, 9.17) is 0 Å². The third-order valence-electron chi connectivity index (χ3n) is 2.88. The van der Waals surface area contributed by atoms with Gasteiger partial charge in [-0.15, -0.1) is 0 Å². The van der Waals surface area contributed by atoms with Crippen molar-refractivity contribution in [3.05, 3.63) is 65.2 Å². The van der Waals surface area contributed by atoms with Crippen molar-refractivity contribution in [1.29, 1.82) is 0 Å². The normalized spacial score (nSPS) is 11.1. The number of nitrogens with one attached hydrogen (secondary N) is 1. The molecule has 0 unspecified atom stereocenters. The van der Waals surface area contributed by atoms with Gasteiger partial charge in [-0.05, 0) is 29.8 Å². The van der Waals surface area contributed by atoms with Gasteiger partial charge in [0.15, 0.2) is 11.6 Å². The monoisotopic (exact) mass is 262 g/mol. The third-order valence-corrected chi connectivity index (χ3v) is 2.88. The zero-order valence-electron chi connectivity index (χ0n) is 9.75. The van der Waals surface area contributed by atoms with Gasteiger partial charge in [0.25, 0.3) is 0 Å². The molecule has 1 N–H and O–H groups in total. The van der Waals surface area contributed by atoms with Crippen molar-refractivity contribution in [2.24, 2.45) is 0 Å². The quantitative estimate of drug-likeness (QED) is 0.751. The van der Waals surface area contributed by atoms with E-state index in [-0.39, 0.29) is 11.3 Å². The van der Waals surface area contributed by atoms with Crippen LogP contribution in [0.15, 0.2) is 36.4 Å². The molecule has 1 heterocycles. The summed E-state index contributed by atoms with van der Waals surface area (Å²) in [5.41, 5.74) is 1.26. The average molecular weight is 262 g/mol. The summed E-state index contributed by atoms with van der Waals surface area (Å²) in [6.07, 6.45) is 0.399. The minimum atomic E-state index is -0.959. The van der Waals surface area contributed by atoms with Crippen LogP contribution in [0.3, 0.4) is 0 Å². The SMILES string of the molecule is Fc1ccc(Cc2nc3c(F)c(F)ccc3[nH]2)cc1. The zero-order valence-corrected chi connectivity index (χ0v) is 9.75. The van der Waals surface area contributed by atoms with Gasteiger partial charge in [-0.25, -0.2) is 18.2 Å².